The molecule has 0 saturated heterocycles. The highest BCUT2D eigenvalue weighted by Crippen LogP contribution is 2.23. The molecule has 0 heterocycles. The highest BCUT2D eigenvalue weighted by atomic mass is 16.3. The predicted octanol–water partition coefficient (Wildman–Crippen LogP) is 1.33. The molecule has 1 aliphatic rings. The van der Waals surface area contributed by atoms with Gasteiger partial charge in [0.05, 0.1) is 6.61 Å². The second-order valence-corrected chi connectivity index (χ2v) is 2.42. The predicted molar refractivity (Wildman–Crippen MR) is 33.6 cm³/mol. The van der Waals surface area contributed by atoms with Crippen LogP contribution in [-0.2, 0) is 0 Å². The summed E-state index contributed by atoms with van der Waals surface area (Å²) in [5.41, 5.74) is 1.23. The highest BCUT2D eigenvalue weighted by Gasteiger charge is 2.11. The van der Waals surface area contributed by atoms with Gasteiger partial charge in [0, 0.05) is 0 Å². The van der Waals surface area contributed by atoms with Crippen molar-refractivity contribution in [3.63, 3.8) is 0 Å². The van der Waals surface area contributed by atoms with Gasteiger partial charge in [-0.3, -0.25) is 0 Å². The van der Waals surface area contributed by atoms with Crippen molar-refractivity contribution in [1.82, 2.24) is 0 Å². The summed E-state index contributed by atoms with van der Waals surface area (Å²) in [6.45, 7) is 2.43. The van der Waals surface area contributed by atoms with Gasteiger partial charge in [-0.1, -0.05) is 13.0 Å². The lowest BCUT2D eigenvalue weighted by Gasteiger charge is -2.02. The molecule has 0 unspecified atom stereocenters. The van der Waals surface area contributed by atoms with E-state index in [2.05, 4.69) is 13.0 Å². The van der Waals surface area contributed by atoms with E-state index in [0.717, 1.165) is 6.42 Å². The Hall–Kier alpha value is -0.300. The van der Waals surface area contributed by atoms with E-state index in [1.54, 1.807) is 0 Å². The topological polar surface area (TPSA) is 20.2 Å². The van der Waals surface area contributed by atoms with Crippen LogP contribution < -0.4 is 0 Å². The van der Waals surface area contributed by atoms with Crippen molar-refractivity contribution < 1.29 is 5.11 Å². The molecule has 0 aromatic heterocycles. The van der Waals surface area contributed by atoms with Crippen molar-refractivity contribution in [2.45, 2.75) is 19.8 Å². The molecule has 0 bridgehead atoms. The lowest BCUT2D eigenvalue weighted by atomic mass is 10.1. The third-order valence-electron chi connectivity index (χ3n) is 1.82. The minimum atomic E-state index is 0.265. The van der Waals surface area contributed by atoms with Crippen molar-refractivity contribution in [2.75, 3.05) is 6.61 Å². The van der Waals surface area contributed by atoms with Crippen LogP contribution >= 0.6 is 0 Å². The number of aliphatic hydroxyl groups excluding tert-OH is 1. The molecule has 1 nitrogen and oxygen atoms in total. The molecule has 0 aromatic rings. The second-order valence-electron chi connectivity index (χ2n) is 2.42. The number of rotatable bonds is 1. The van der Waals surface area contributed by atoms with Crippen LogP contribution in [0.1, 0.15) is 19.8 Å². The lowest BCUT2D eigenvalue weighted by Crippen LogP contribution is -1.96. The first kappa shape index (κ1) is 5.83. The normalized spacial score (nSPS) is 28.2. The summed E-state index contributed by atoms with van der Waals surface area (Å²) in [4.78, 5) is 0. The van der Waals surface area contributed by atoms with Crippen LogP contribution in [-0.4, -0.2) is 11.7 Å². The fourth-order valence-corrected chi connectivity index (χ4v) is 1.13. The van der Waals surface area contributed by atoms with Crippen LogP contribution in [0.3, 0.4) is 0 Å². The van der Waals surface area contributed by atoms with Crippen LogP contribution in [0.25, 0.3) is 0 Å². The van der Waals surface area contributed by atoms with Crippen LogP contribution in [0.15, 0.2) is 11.6 Å². The third-order valence-corrected chi connectivity index (χ3v) is 1.82. The number of allylic oxidation sites excluding steroid dienone is 1. The fourth-order valence-electron chi connectivity index (χ4n) is 1.13. The van der Waals surface area contributed by atoms with Gasteiger partial charge in [-0.15, -0.1) is 0 Å². The smallest absolute Gasteiger partial charge is 0.0644 e. The molecule has 1 atom stereocenters. The first-order chi connectivity index (χ1) is 3.84. The van der Waals surface area contributed by atoms with Gasteiger partial charge in [-0.05, 0) is 24.3 Å². The van der Waals surface area contributed by atoms with E-state index in [1.807, 2.05) is 0 Å². The molecule has 1 heteroatoms. The minimum absolute atomic E-state index is 0.265. The summed E-state index contributed by atoms with van der Waals surface area (Å²) in [6, 6.07) is 0. The Bertz CT molecular complexity index is 105. The lowest BCUT2D eigenvalue weighted by molar-refractivity contribution is 0.318. The third kappa shape index (κ3) is 0.920. The quantitative estimate of drug-likeness (QED) is 0.507. The highest BCUT2D eigenvalue weighted by molar-refractivity contribution is 5.11. The maximum atomic E-state index is 8.67. The monoisotopic (exact) mass is 112 g/mol. The first-order valence-corrected chi connectivity index (χ1v) is 3.14. The van der Waals surface area contributed by atoms with Crippen molar-refractivity contribution in [3.05, 3.63) is 11.6 Å². The Labute approximate surface area is 50.0 Å². The number of hydrogen-bond acceptors (Lipinski definition) is 1. The molecule has 1 aliphatic carbocycles. The summed E-state index contributed by atoms with van der Waals surface area (Å²) < 4.78 is 0. The van der Waals surface area contributed by atoms with Crippen LogP contribution in [0.2, 0.25) is 0 Å². The summed E-state index contributed by atoms with van der Waals surface area (Å²) in [5, 5.41) is 8.67. The number of aliphatic hydroxyl groups is 1. The van der Waals surface area contributed by atoms with Crippen molar-refractivity contribution in [1.29, 1.82) is 0 Å². The van der Waals surface area contributed by atoms with Crippen molar-refractivity contribution >= 4 is 0 Å². The van der Waals surface area contributed by atoms with Gasteiger partial charge in [0.25, 0.3) is 0 Å². The van der Waals surface area contributed by atoms with E-state index in [1.165, 1.54) is 12.0 Å². The van der Waals surface area contributed by atoms with E-state index < -0.39 is 0 Å². The Morgan fingerprint density at radius 2 is 2.62 bits per heavy atom. The molecule has 0 radical (unpaired) electrons. The molecule has 46 valence electrons. The van der Waals surface area contributed by atoms with Gasteiger partial charge in [-0.2, -0.15) is 0 Å². The van der Waals surface area contributed by atoms with E-state index in [9.17, 15) is 0 Å². The van der Waals surface area contributed by atoms with Crippen molar-refractivity contribution in [2.24, 2.45) is 5.92 Å². The van der Waals surface area contributed by atoms with Gasteiger partial charge in [0.15, 0.2) is 0 Å². The maximum Gasteiger partial charge on any atom is 0.0644 e. The zero-order valence-electron chi connectivity index (χ0n) is 5.22. The largest absolute Gasteiger partial charge is 0.392 e. The molecule has 0 fully saturated rings. The minimum Gasteiger partial charge on any atom is -0.392 e. The van der Waals surface area contributed by atoms with Gasteiger partial charge >= 0.3 is 0 Å². The first-order valence-electron chi connectivity index (χ1n) is 3.14. The van der Waals surface area contributed by atoms with Crippen LogP contribution in [0.5, 0.6) is 0 Å². The van der Waals surface area contributed by atoms with E-state index >= 15 is 0 Å². The van der Waals surface area contributed by atoms with Gasteiger partial charge in [0.1, 0.15) is 0 Å². The maximum absolute atomic E-state index is 8.67. The second kappa shape index (κ2) is 2.31. The zero-order chi connectivity index (χ0) is 5.98. The van der Waals surface area contributed by atoms with E-state index in [0.29, 0.717) is 5.92 Å². The average molecular weight is 112 g/mol. The van der Waals surface area contributed by atoms with Gasteiger partial charge in [0.2, 0.25) is 0 Å². The summed E-state index contributed by atoms with van der Waals surface area (Å²) in [5.74, 6) is 0.639. The summed E-state index contributed by atoms with van der Waals surface area (Å²) in [6.07, 6.45) is 4.54. The molecular formula is C7H12O. The molecule has 0 aliphatic heterocycles. The number of hydrogen-bond donors (Lipinski definition) is 1. The van der Waals surface area contributed by atoms with Crippen LogP contribution in [0.4, 0.5) is 0 Å². The van der Waals surface area contributed by atoms with E-state index in [4.69, 9.17) is 5.11 Å². The molecule has 0 spiro atoms. The Kier molecular flexibility index (Phi) is 1.69. The Morgan fingerprint density at radius 3 is 2.88 bits per heavy atom. The van der Waals surface area contributed by atoms with Gasteiger partial charge < -0.3 is 5.11 Å². The molecule has 0 aromatic carbocycles. The fraction of sp³-hybridized carbons (Fsp3) is 0.714. The van der Waals surface area contributed by atoms with E-state index in [-0.39, 0.29) is 6.61 Å². The Morgan fingerprint density at radius 1 is 1.88 bits per heavy atom. The van der Waals surface area contributed by atoms with Crippen LogP contribution in [0, 0.1) is 5.92 Å². The SMILES string of the molecule is C[C@@H]1CCC=C1CO. The van der Waals surface area contributed by atoms with Crippen molar-refractivity contribution in [3.8, 4) is 0 Å². The molecule has 1 N–H and O–H groups in total. The zero-order valence-corrected chi connectivity index (χ0v) is 5.22. The Balaban J connectivity index is 2.49. The molecule has 8 heavy (non-hydrogen) atoms. The molecular weight excluding hydrogens is 100 g/mol. The standard InChI is InChI=1S/C7H12O/c1-6-3-2-4-7(6)5-8/h4,6,8H,2-3,5H2,1H3/t6-/m1/s1. The molecule has 1 rings (SSSR count). The molecule has 0 saturated carbocycles. The average Bonchev–Trinajstić information content (AvgIpc) is 2.14. The molecule has 0 amide bonds. The summed E-state index contributed by atoms with van der Waals surface area (Å²) >= 11 is 0. The summed E-state index contributed by atoms with van der Waals surface area (Å²) in [7, 11) is 0. The van der Waals surface area contributed by atoms with Gasteiger partial charge in [-0.25, -0.2) is 0 Å².